The van der Waals surface area contributed by atoms with Crippen LogP contribution >= 0.6 is 0 Å². The summed E-state index contributed by atoms with van der Waals surface area (Å²) >= 11 is 0. The Labute approximate surface area is 177 Å². The van der Waals surface area contributed by atoms with E-state index in [-0.39, 0.29) is 5.91 Å². The molecule has 0 atom stereocenters. The third-order valence-electron chi connectivity index (χ3n) is 5.83. The number of piperidine rings is 1. The van der Waals surface area contributed by atoms with Gasteiger partial charge >= 0.3 is 0 Å². The fraction of sp³-hybridized carbons (Fsp3) is 0.435. The molecule has 0 aliphatic carbocycles. The lowest BCUT2D eigenvalue weighted by Crippen LogP contribution is -2.39. The molecule has 0 radical (unpaired) electrons. The summed E-state index contributed by atoms with van der Waals surface area (Å²) in [7, 11) is 0. The van der Waals surface area contributed by atoms with E-state index in [1.807, 2.05) is 42.8 Å². The van der Waals surface area contributed by atoms with Crippen LogP contribution in [0.4, 0.5) is 5.82 Å². The van der Waals surface area contributed by atoms with Crippen molar-refractivity contribution in [3.63, 3.8) is 0 Å². The van der Waals surface area contributed by atoms with Gasteiger partial charge in [-0.2, -0.15) is 10.2 Å². The van der Waals surface area contributed by atoms with E-state index >= 15 is 0 Å². The summed E-state index contributed by atoms with van der Waals surface area (Å²) < 4.78 is 1.90. The Morgan fingerprint density at radius 2 is 1.93 bits per heavy atom. The zero-order valence-corrected chi connectivity index (χ0v) is 17.8. The van der Waals surface area contributed by atoms with Crippen molar-refractivity contribution in [1.29, 1.82) is 0 Å². The molecule has 1 aliphatic heterocycles. The van der Waals surface area contributed by atoms with Crippen LogP contribution in [0.15, 0.2) is 42.5 Å². The van der Waals surface area contributed by atoms with Crippen molar-refractivity contribution in [2.24, 2.45) is 5.92 Å². The van der Waals surface area contributed by atoms with E-state index in [2.05, 4.69) is 43.7 Å². The standard InChI is InChI=1S/C23H30N6O/c1-17-14-18(2)29(27-17)13-10-23(30)24-16-19-8-11-28(12-9-19)22-15-21(25-26-22)20-6-4-3-5-7-20/h3-7,14-15,19H,8-13,16H2,1-2H3,(H,24,30)(H,25,26). The molecule has 0 unspecified atom stereocenters. The maximum Gasteiger partial charge on any atom is 0.221 e. The quantitative estimate of drug-likeness (QED) is 0.631. The highest BCUT2D eigenvalue weighted by atomic mass is 16.1. The number of hydrogen-bond donors (Lipinski definition) is 2. The van der Waals surface area contributed by atoms with E-state index in [4.69, 9.17) is 0 Å². The van der Waals surface area contributed by atoms with Crippen LogP contribution in [-0.2, 0) is 11.3 Å². The summed E-state index contributed by atoms with van der Waals surface area (Å²) in [4.78, 5) is 14.5. The molecule has 1 aromatic carbocycles. The van der Waals surface area contributed by atoms with Gasteiger partial charge in [-0.3, -0.25) is 14.6 Å². The highest BCUT2D eigenvalue weighted by Crippen LogP contribution is 2.25. The number of aromatic amines is 1. The van der Waals surface area contributed by atoms with Gasteiger partial charge in [0.15, 0.2) is 5.82 Å². The highest BCUT2D eigenvalue weighted by Gasteiger charge is 2.21. The monoisotopic (exact) mass is 406 g/mol. The molecule has 1 fully saturated rings. The predicted octanol–water partition coefficient (Wildman–Crippen LogP) is 3.31. The molecule has 4 rings (SSSR count). The van der Waals surface area contributed by atoms with Crippen LogP contribution in [0.3, 0.4) is 0 Å². The average Bonchev–Trinajstić information content (AvgIpc) is 3.38. The number of aromatic nitrogens is 4. The average molecular weight is 407 g/mol. The lowest BCUT2D eigenvalue weighted by molar-refractivity contribution is -0.121. The first-order valence-electron chi connectivity index (χ1n) is 10.7. The molecule has 3 heterocycles. The molecule has 0 spiro atoms. The second-order valence-corrected chi connectivity index (χ2v) is 8.14. The predicted molar refractivity (Wildman–Crippen MR) is 118 cm³/mol. The number of rotatable bonds is 7. The first-order valence-corrected chi connectivity index (χ1v) is 10.7. The van der Waals surface area contributed by atoms with Crippen LogP contribution in [0.25, 0.3) is 11.3 Å². The third kappa shape index (κ3) is 4.90. The number of H-pyrrole nitrogens is 1. The fourth-order valence-electron chi connectivity index (χ4n) is 4.06. The Kier molecular flexibility index (Phi) is 6.16. The minimum Gasteiger partial charge on any atom is -0.356 e. The Morgan fingerprint density at radius 3 is 2.63 bits per heavy atom. The summed E-state index contributed by atoms with van der Waals surface area (Å²) in [5, 5.41) is 15.2. The molecule has 1 amide bonds. The van der Waals surface area contributed by atoms with Gasteiger partial charge in [-0.15, -0.1) is 0 Å². The zero-order chi connectivity index (χ0) is 20.9. The number of benzene rings is 1. The van der Waals surface area contributed by atoms with E-state index in [0.29, 0.717) is 18.9 Å². The van der Waals surface area contributed by atoms with Gasteiger partial charge < -0.3 is 10.2 Å². The SMILES string of the molecule is Cc1cc(C)n(CCC(=O)NCC2CCN(c3cc(-c4ccccc4)[nH]n3)CC2)n1. The van der Waals surface area contributed by atoms with Crippen molar-refractivity contribution in [2.45, 2.75) is 39.7 Å². The zero-order valence-electron chi connectivity index (χ0n) is 17.8. The molecule has 7 nitrogen and oxygen atoms in total. The lowest BCUT2D eigenvalue weighted by atomic mass is 9.96. The lowest BCUT2D eigenvalue weighted by Gasteiger charge is -2.32. The maximum atomic E-state index is 12.2. The number of carbonyl (C=O) groups excluding carboxylic acids is 1. The second kappa shape index (κ2) is 9.15. The van der Waals surface area contributed by atoms with Crippen molar-refractivity contribution in [3.8, 4) is 11.3 Å². The van der Waals surface area contributed by atoms with Crippen molar-refractivity contribution in [3.05, 3.63) is 53.9 Å². The smallest absolute Gasteiger partial charge is 0.221 e. The van der Waals surface area contributed by atoms with Gasteiger partial charge in [-0.05, 0) is 44.2 Å². The van der Waals surface area contributed by atoms with Crippen molar-refractivity contribution in [1.82, 2.24) is 25.3 Å². The Morgan fingerprint density at radius 1 is 1.17 bits per heavy atom. The number of amides is 1. The van der Waals surface area contributed by atoms with Gasteiger partial charge in [0.05, 0.1) is 11.4 Å². The number of aryl methyl sites for hydroxylation is 3. The number of anilines is 1. The maximum absolute atomic E-state index is 12.2. The topological polar surface area (TPSA) is 78.8 Å². The highest BCUT2D eigenvalue weighted by molar-refractivity contribution is 5.75. The molecule has 7 heteroatoms. The molecule has 158 valence electrons. The van der Waals surface area contributed by atoms with Crippen LogP contribution in [0.5, 0.6) is 0 Å². The third-order valence-corrected chi connectivity index (χ3v) is 5.83. The summed E-state index contributed by atoms with van der Waals surface area (Å²) in [6, 6.07) is 14.4. The largest absolute Gasteiger partial charge is 0.356 e. The molecular weight excluding hydrogens is 376 g/mol. The number of hydrogen-bond acceptors (Lipinski definition) is 4. The normalized spacial score (nSPS) is 14.8. The first kappa shape index (κ1) is 20.2. The van der Waals surface area contributed by atoms with E-state index in [9.17, 15) is 4.79 Å². The van der Waals surface area contributed by atoms with Gasteiger partial charge in [0.1, 0.15) is 0 Å². The van der Waals surface area contributed by atoms with Crippen LogP contribution in [0, 0.1) is 19.8 Å². The van der Waals surface area contributed by atoms with Crippen LogP contribution in [-0.4, -0.2) is 45.5 Å². The molecule has 0 saturated carbocycles. The number of carbonyl (C=O) groups is 1. The Hall–Kier alpha value is -3.09. The second-order valence-electron chi connectivity index (χ2n) is 8.14. The van der Waals surface area contributed by atoms with E-state index in [1.54, 1.807) is 0 Å². The fourth-order valence-corrected chi connectivity index (χ4v) is 4.06. The van der Waals surface area contributed by atoms with Crippen LogP contribution in [0.2, 0.25) is 0 Å². The van der Waals surface area contributed by atoms with E-state index in [0.717, 1.165) is 60.9 Å². The van der Waals surface area contributed by atoms with E-state index < -0.39 is 0 Å². The van der Waals surface area contributed by atoms with Crippen molar-refractivity contribution >= 4 is 11.7 Å². The van der Waals surface area contributed by atoms with Crippen molar-refractivity contribution < 1.29 is 4.79 Å². The summed E-state index contributed by atoms with van der Waals surface area (Å²) in [5.41, 5.74) is 4.28. The summed E-state index contributed by atoms with van der Waals surface area (Å²) in [6.07, 6.45) is 2.59. The van der Waals surface area contributed by atoms with Crippen LogP contribution in [0.1, 0.15) is 30.7 Å². The molecule has 2 N–H and O–H groups in total. The molecular formula is C23H30N6O. The summed E-state index contributed by atoms with van der Waals surface area (Å²) in [6.45, 7) is 7.30. The molecule has 1 aliphatic rings. The summed E-state index contributed by atoms with van der Waals surface area (Å²) in [5.74, 6) is 1.62. The molecule has 2 aromatic heterocycles. The van der Waals surface area contributed by atoms with Gasteiger partial charge in [0, 0.05) is 44.4 Å². The van der Waals surface area contributed by atoms with Gasteiger partial charge in [0.25, 0.3) is 0 Å². The Bertz CT molecular complexity index is 969. The van der Waals surface area contributed by atoms with Gasteiger partial charge in [0.2, 0.25) is 5.91 Å². The minimum absolute atomic E-state index is 0.102. The number of nitrogens with one attached hydrogen (secondary N) is 2. The molecule has 0 bridgehead atoms. The molecule has 30 heavy (non-hydrogen) atoms. The minimum atomic E-state index is 0.102. The van der Waals surface area contributed by atoms with Gasteiger partial charge in [-0.25, -0.2) is 0 Å². The van der Waals surface area contributed by atoms with Crippen molar-refractivity contribution in [2.75, 3.05) is 24.5 Å². The Balaban J connectivity index is 1.20. The molecule has 3 aromatic rings. The number of nitrogens with zero attached hydrogens (tertiary/aromatic N) is 4. The van der Waals surface area contributed by atoms with Gasteiger partial charge in [-0.1, -0.05) is 30.3 Å². The molecule has 1 saturated heterocycles. The first-order chi connectivity index (χ1) is 14.6. The van der Waals surface area contributed by atoms with E-state index in [1.165, 1.54) is 0 Å². The van der Waals surface area contributed by atoms with Crippen LogP contribution < -0.4 is 10.2 Å².